The lowest BCUT2D eigenvalue weighted by Crippen LogP contribution is -2.40. The Morgan fingerprint density at radius 3 is 2.59 bits per heavy atom. The van der Waals surface area contributed by atoms with Crippen molar-refractivity contribution in [3.8, 4) is 11.5 Å². The molecule has 0 bridgehead atoms. The minimum atomic E-state index is -0.659. The number of nitrogens with one attached hydrogen (secondary N) is 2. The molecule has 29 heavy (non-hydrogen) atoms. The van der Waals surface area contributed by atoms with Crippen LogP contribution < -0.4 is 26.0 Å². The molecule has 148 valence electrons. The average Bonchev–Trinajstić information content (AvgIpc) is 3.18. The fraction of sp³-hybridized carbons (Fsp3) is 0.190. The average molecular weight is 393 g/mol. The van der Waals surface area contributed by atoms with E-state index in [1.165, 1.54) is 0 Å². The second-order valence-corrected chi connectivity index (χ2v) is 6.75. The molecule has 2 heterocycles. The number of fused-ring (bicyclic) bond motifs is 1. The Balaban J connectivity index is 1.54. The zero-order valence-electron chi connectivity index (χ0n) is 15.7. The van der Waals surface area contributed by atoms with Gasteiger partial charge >= 0.3 is 5.69 Å². The van der Waals surface area contributed by atoms with Crippen LogP contribution in [0.2, 0.25) is 0 Å². The third-order valence-corrected chi connectivity index (χ3v) is 4.66. The van der Waals surface area contributed by atoms with Gasteiger partial charge in [-0.3, -0.25) is 14.2 Å². The van der Waals surface area contributed by atoms with Crippen molar-refractivity contribution >= 4 is 5.91 Å². The molecule has 0 unspecified atom stereocenters. The fourth-order valence-corrected chi connectivity index (χ4v) is 3.02. The van der Waals surface area contributed by atoms with Gasteiger partial charge in [-0.25, -0.2) is 4.79 Å². The first-order valence-electron chi connectivity index (χ1n) is 9.06. The fourth-order valence-electron chi connectivity index (χ4n) is 3.02. The monoisotopic (exact) mass is 393 g/mol. The predicted octanol–water partition coefficient (Wildman–Crippen LogP) is 1.55. The SMILES string of the molecule is Cc1ccc(CNC(=O)c2c[nH]c(=O)n(Cc3ccc4c(c3)OCO4)c2=O)cc1. The smallest absolute Gasteiger partial charge is 0.328 e. The highest BCUT2D eigenvalue weighted by molar-refractivity contribution is 5.93. The number of hydrogen-bond acceptors (Lipinski definition) is 5. The zero-order valence-corrected chi connectivity index (χ0v) is 15.7. The van der Waals surface area contributed by atoms with Gasteiger partial charge in [0.25, 0.3) is 11.5 Å². The number of hydrogen-bond donors (Lipinski definition) is 2. The Morgan fingerprint density at radius 1 is 1.07 bits per heavy atom. The minimum absolute atomic E-state index is 0.00386. The standard InChI is InChI=1S/C21H19N3O5/c1-13-2-4-14(5-3-13)9-22-19(25)16-10-23-21(27)24(20(16)26)11-15-6-7-17-18(8-15)29-12-28-17/h2-8,10H,9,11-12H2,1H3,(H,22,25)(H,23,27). The van der Waals surface area contributed by atoms with Gasteiger partial charge in [-0.05, 0) is 30.2 Å². The highest BCUT2D eigenvalue weighted by Gasteiger charge is 2.17. The summed E-state index contributed by atoms with van der Waals surface area (Å²) in [5.41, 5.74) is 1.33. The molecule has 8 heteroatoms. The van der Waals surface area contributed by atoms with Crippen LogP contribution in [-0.4, -0.2) is 22.3 Å². The van der Waals surface area contributed by atoms with Crippen molar-refractivity contribution in [2.45, 2.75) is 20.0 Å². The molecule has 8 nitrogen and oxygen atoms in total. The molecule has 4 rings (SSSR count). The number of benzene rings is 2. The number of carbonyl (C=O) groups is 1. The summed E-state index contributed by atoms with van der Waals surface area (Å²) in [6.45, 7) is 2.39. The lowest BCUT2D eigenvalue weighted by Gasteiger charge is -2.09. The Bertz CT molecular complexity index is 1180. The molecule has 0 radical (unpaired) electrons. The van der Waals surface area contributed by atoms with E-state index in [1.54, 1.807) is 18.2 Å². The van der Waals surface area contributed by atoms with Crippen LogP contribution >= 0.6 is 0 Å². The molecule has 1 amide bonds. The topological polar surface area (TPSA) is 102 Å². The number of ether oxygens (including phenoxy) is 2. The number of amides is 1. The second-order valence-electron chi connectivity index (χ2n) is 6.75. The number of rotatable bonds is 5. The highest BCUT2D eigenvalue weighted by atomic mass is 16.7. The molecular formula is C21H19N3O5. The van der Waals surface area contributed by atoms with Crippen LogP contribution in [0.5, 0.6) is 11.5 Å². The molecule has 0 spiro atoms. The summed E-state index contributed by atoms with van der Waals surface area (Å²) in [7, 11) is 0. The number of aryl methyl sites for hydroxylation is 1. The lowest BCUT2D eigenvalue weighted by molar-refractivity contribution is 0.0948. The zero-order chi connectivity index (χ0) is 20.4. The van der Waals surface area contributed by atoms with Gasteiger partial charge in [-0.2, -0.15) is 0 Å². The van der Waals surface area contributed by atoms with Crippen molar-refractivity contribution in [1.82, 2.24) is 14.9 Å². The largest absolute Gasteiger partial charge is 0.454 e. The molecule has 2 N–H and O–H groups in total. The van der Waals surface area contributed by atoms with Crippen LogP contribution in [0.3, 0.4) is 0 Å². The number of H-pyrrole nitrogens is 1. The predicted molar refractivity (Wildman–Crippen MR) is 105 cm³/mol. The van der Waals surface area contributed by atoms with Crippen LogP contribution in [0, 0.1) is 6.92 Å². The first kappa shape index (κ1) is 18.5. The summed E-state index contributed by atoms with van der Waals surface area (Å²) in [5, 5.41) is 2.71. The molecule has 1 aliphatic rings. The van der Waals surface area contributed by atoms with Crippen molar-refractivity contribution < 1.29 is 14.3 Å². The van der Waals surface area contributed by atoms with E-state index in [1.807, 2.05) is 31.2 Å². The van der Waals surface area contributed by atoms with Crippen molar-refractivity contribution in [2.75, 3.05) is 6.79 Å². The van der Waals surface area contributed by atoms with E-state index in [-0.39, 0.29) is 25.4 Å². The molecule has 2 aromatic carbocycles. The maximum atomic E-state index is 12.8. The van der Waals surface area contributed by atoms with Crippen molar-refractivity contribution in [1.29, 1.82) is 0 Å². The van der Waals surface area contributed by atoms with Crippen molar-refractivity contribution in [3.63, 3.8) is 0 Å². The van der Waals surface area contributed by atoms with E-state index in [4.69, 9.17) is 9.47 Å². The summed E-state index contributed by atoms with van der Waals surface area (Å²) < 4.78 is 11.6. The Kier molecular flexibility index (Phi) is 4.90. The summed E-state index contributed by atoms with van der Waals surface area (Å²) in [4.78, 5) is 39.9. The van der Waals surface area contributed by atoms with Gasteiger partial charge < -0.3 is 19.8 Å². The first-order valence-corrected chi connectivity index (χ1v) is 9.06. The Morgan fingerprint density at radius 2 is 1.79 bits per heavy atom. The van der Waals surface area contributed by atoms with Gasteiger partial charge in [0.15, 0.2) is 11.5 Å². The lowest BCUT2D eigenvalue weighted by atomic mass is 10.1. The van der Waals surface area contributed by atoms with Gasteiger partial charge in [0.1, 0.15) is 5.56 Å². The number of aromatic amines is 1. The maximum absolute atomic E-state index is 12.8. The number of nitrogens with zero attached hydrogens (tertiary/aromatic N) is 1. The van der Waals surface area contributed by atoms with E-state index in [0.29, 0.717) is 17.1 Å². The van der Waals surface area contributed by atoms with E-state index in [2.05, 4.69) is 10.3 Å². The molecule has 0 saturated carbocycles. The number of carbonyl (C=O) groups excluding carboxylic acids is 1. The normalized spacial score (nSPS) is 12.0. The minimum Gasteiger partial charge on any atom is -0.454 e. The third kappa shape index (κ3) is 3.91. The van der Waals surface area contributed by atoms with Gasteiger partial charge in [-0.1, -0.05) is 35.9 Å². The van der Waals surface area contributed by atoms with Crippen LogP contribution in [0.1, 0.15) is 27.0 Å². The van der Waals surface area contributed by atoms with E-state index in [9.17, 15) is 14.4 Å². The molecule has 1 aromatic heterocycles. The molecule has 0 saturated heterocycles. The molecule has 0 aliphatic carbocycles. The summed E-state index contributed by atoms with van der Waals surface area (Å²) in [6.07, 6.45) is 1.14. The van der Waals surface area contributed by atoms with Gasteiger partial charge in [0.2, 0.25) is 6.79 Å². The third-order valence-electron chi connectivity index (χ3n) is 4.66. The first-order chi connectivity index (χ1) is 14.0. The van der Waals surface area contributed by atoms with Gasteiger partial charge in [0, 0.05) is 12.7 Å². The summed E-state index contributed by atoms with van der Waals surface area (Å²) in [5.74, 6) is 0.615. The Labute approximate surface area is 165 Å². The molecule has 0 fully saturated rings. The molecule has 0 atom stereocenters. The van der Waals surface area contributed by atoms with Crippen molar-refractivity contribution in [3.05, 3.63) is 91.8 Å². The highest BCUT2D eigenvalue weighted by Crippen LogP contribution is 2.32. The van der Waals surface area contributed by atoms with Crippen LogP contribution in [0.4, 0.5) is 0 Å². The Hall–Kier alpha value is -3.81. The molecule has 1 aliphatic heterocycles. The summed E-state index contributed by atoms with van der Waals surface area (Å²) >= 11 is 0. The van der Waals surface area contributed by atoms with E-state index < -0.39 is 17.2 Å². The van der Waals surface area contributed by atoms with Crippen molar-refractivity contribution in [2.24, 2.45) is 0 Å². The summed E-state index contributed by atoms with van der Waals surface area (Å²) in [6, 6.07) is 12.9. The quantitative estimate of drug-likeness (QED) is 0.685. The van der Waals surface area contributed by atoms with Gasteiger partial charge in [-0.15, -0.1) is 0 Å². The second kappa shape index (κ2) is 7.67. The van der Waals surface area contributed by atoms with E-state index >= 15 is 0 Å². The molecule has 3 aromatic rings. The van der Waals surface area contributed by atoms with Crippen LogP contribution in [0.25, 0.3) is 0 Å². The van der Waals surface area contributed by atoms with Crippen LogP contribution in [-0.2, 0) is 13.1 Å². The number of aromatic nitrogens is 2. The molecular weight excluding hydrogens is 374 g/mol. The van der Waals surface area contributed by atoms with Gasteiger partial charge in [0.05, 0.1) is 6.54 Å². The van der Waals surface area contributed by atoms with Crippen LogP contribution in [0.15, 0.2) is 58.3 Å². The maximum Gasteiger partial charge on any atom is 0.328 e. The van der Waals surface area contributed by atoms with E-state index in [0.717, 1.165) is 21.9 Å².